The van der Waals surface area contributed by atoms with E-state index >= 15 is 0 Å². The molecule has 1 aromatic heterocycles. The van der Waals surface area contributed by atoms with Gasteiger partial charge in [-0.3, -0.25) is 4.79 Å². The van der Waals surface area contributed by atoms with E-state index in [0.29, 0.717) is 31.4 Å². The zero-order chi connectivity index (χ0) is 20.4. The zero-order valence-electron chi connectivity index (χ0n) is 16.2. The number of rotatable bonds is 9. The summed E-state index contributed by atoms with van der Waals surface area (Å²) in [6.07, 6.45) is 1.55. The lowest BCUT2D eigenvalue weighted by Crippen LogP contribution is -2.39. The first-order valence-corrected chi connectivity index (χ1v) is 8.80. The number of carbonyl (C=O) groups is 1. The predicted octanol–water partition coefficient (Wildman–Crippen LogP) is 3.21. The van der Waals surface area contributed by atoms with Crippen LogP contribution < -0.4 is 15.4 Å². The van der Waals surface area contributed by atoms with Crippen LogP contribution in [0.3, 0.4) is 0 Å². The van der Waals surface area contributed by atoms with E-state index in [1.165, 1.54) is 12.1 Å². The Hall–Kier alpha value is -2.37. The SMILES string of the molecule is CCNC(=NCC(=O)NCc1ccco1)N(C)Cc1ccc(OC(F)F)cc1.I. The van der Waals surface area contributed by atoms with Crippen molar-refractivity contribution >= 4 is 35.8 Å². The third-order valence-electron chi connectivity index (χ3n) is 3.68. The number of nitrogens with zero attached hydrogens (tertiary/aromatic N) is 2. The molecule has 10 heteroatoms. The summed E-state index contributed by atoms with van der Waals surface area (Å²) >= 11 is 0. The lowest BCUT2D eigenvalue weighted by Gasteiger charge is -2.22. The molecule has 1 amide bonds. The fraction of sp³-hybridized carbons (Fsp3) is 0.368. The number of hydrogen-bond donors (Lipinski definition) is 2. The molecule has 0 saturated heterocycles. The number of ether oxygens (including phenoxy) is 1. The molecule has 0 atom stereocenters. The third-order valence-corrected chi connectivity index (χ3v) is 3.68. The van der Waals surface area contributed by atoms with E-state index in [1.54, 1.807) is 30.5 Å². The Kier molecular flexibility index (Phi) is 11.0. The molecule has 0 fully saturated rings. The highest BCUT2D eigenvalue weighted by molar-refractivity contribution is 14.0. The monoisotopic (exact) mass is 522 g/mol. The van der Waals surface area contributed by atoms with Crippen molar-refractivity contribution in [1.29, 1.82) is 0 Å². The Morgan fingerprint density at radius 2 is 1.97 bits per heavy atom. The average molecular weight is 522 g/mol. The highest BCUT2D eigenvalue weighted by Crippen LogP contribution is 2.15. The van der Waals surface area contributed by atoms with Gasteiger partial charge >= 0.3 is 6.61 Å². The number of halogens is 3. The number of hydrogen-bond acceptors (Lipinski definition) is 4. The number of benzene rings is 1. The second kappa shape index (κ2) is 13.0. The number of alkyl halides is 2. The van der Waals surface area contributed by atoms with Crippen molar-refractivity contribution in [1.82, 2.24) is 15.5 Å². The van der Waals surface area contributed by atoms with E-state index in [0.717, 1.165) is 5.56 Å². The highest BCUT2D eigenvalue weighted by Gasteiger charge is 2.09. The van der Waals surface area contributed by atoms with E-state index in [2.05, 4.69) is 20.4 Å². The standard InChI is InChI=1S/C19H24F2N4O3.HI/c1-3-22-19(24-12-17(26)23-11-16-5-4-10-27-16)25(2)13-14-6-8-15(9-7-14)28-18(20)21;/h4-10,18H,3,11-13H2,1-2H3,(H,22,24)(H,23,26);1H. The molecule has 0 aliphatic carbocycles. The van der Waals surface area contributed by atoms with E-state index in [1.807, 2.05) is 18.9 Å². The third kappa shape index (κ3) is 9.11. The van der Waals surface area contributed by atoms with E-state index < -0.39 is 6.61 Å². The van der Waals surface area contributed by atoms with E-state index in [4.69, 9.17) is 4.42 Å². The van der Waals surface area contributed by atoms with Crippen molar-refractivity contribution in [2.75, 3.05) is 20.1 Å². The van der Waals surface area contributed by atoms with Gasteiger partial charge in [-0.15, -0.1) is 24.0 Å². The quantitative estimate of drug-likeness (QED) is 0.301. The van der Waals surface area contributed by atoms with E-state index in [9.17, 15) is 13.6 Å². The minimum absolute atomic E-state index is 0. The van der Waals surface area contributed by atoms with Crippen LogP contribution in [0, 0.1) is 0 Å². The van der Waals surface area contributed by atoms with Gasteiger partial charge in [0.2, 0.25) is 5.91 Å². The van der Waals surface area contributed by atoms with Gasteiger partial charge in [0.25, 0.3) is 0 Å². The van der Waals surface area contributed by atoms with Gasteiger partial charge < -0.3 is 24.7 Å². The maximum Gasteiger partial charge on any atom is 0.387 e. The first kappa shape index (κ1) is 24.7. The Labute approximate surface area is 185 Å². The molecule has 0 aliphatic heterocycles. The van der Waals surface area contributed by atoms with Crippen LogP contribution in [-0.2, 0) is 17.9 Å². The number of furan rings is 1. The van der Waals surface area contributed by atoms with Crippen LogP contribution in [0.5, 0.6) is 5.75 Å². The number of amides is 1. The van der Waals surface area contributed by atoms with Gasteiger partial charge in [0, 0.05) is 20.1 Å². The number of nitrogens with one attached hydrogen (secondary N) is 2. The van der Waals surface area contributed by atoms with Crippen molar-refractivity contribution in [2.45, 2.75) is 26.6 Å². The van der Waals surface area contributed by atoms with Crippen molar-refractivity contribution in [3.63, 3.8) is 0 Å². The molecule has 0 bridgehead atoms. The molecule has 160 valence electrons. The number of carbonyl (C=O) groups excluding carboxylic acids is 1. The molecule has 1 aromatic carbocycles. The molecule has 1 heterocycles. The van der Waals surface area contributed by atoms with Crippen LogP contribution in [0.2, 0.25) is 0 Å². The van der Waals surface area contributed by atoms with Gasteiger partial charge in [-0.25, -0.2) is 4.99 Å². The van der Waals surface area contributed by atoms with Crippen LogP contribution in [0.4, 0.5) is 8.78 Å². The summed E-state index contributed by atoms with van der Waals surface area (Å²) in [7, 11) is 1.83. The Balaban J connectivity index is 0.00000420. The summed E-state index contributed by atoms with van der Waals surface area (Å²) in [5, 5.41) is 5.85. The fourth-order valence-electron chi connectivity index (χ4n) is 2.40. The summed E-state index contributed by atoms with van der Waals surface area (Å²) < 4.78 is 33.9. The van der Waals surface area contributed by atoms with Crippen LogP contribution in [0.15, 0.2) is 52.1 Å². The molecule has 29 heavy (non-hydrogen) atoms. The molecule has 0 unspecified atom stereocenters. The lowest BCUT2D eigenvalue weighted by atomic mass is 10.2. The van der Waals surface area contributed by atoms with Gasteiger partial charge in [0.1, 0.15) is 18.1 Å². The van der Waals surface area contributed by atoms with Gasteiger partial charge in [-0.05, 0) is 36.8 Å². The molecule has 0 spiro atoms. The summed E-state index contributed by atoms with van der Waals surface area (Å²) in [4.78, 5) is 18.1. The largest absolute Gasteiger partial charge is 0.467 e. The Morgan fingerprint density at radius 1 is 1.24 bits per heavy atom. The summed E-state index contributed by atoms with van der Waals surface area (Å²) in [5.74, 6) is 1.10. The van der Waals surface area contributed by atoms with Crippen molar-refractivity contribution in [3.8, 4) is 5.75 Å². The normalized spacial score (nSPS) is 11.0. The Bertz CT molecular complexity index is 755. The summed E-state index contributed by atoms with van der Waals surface area (Å²) in [5.41, 5.74) is 0.886. The molecule has 2 rings (SSSR count). The summed E-state index contributed by atoms with van der Waals surface area (Å²) in [6.45, 7) is 0.471. The minimum Gasteiger partial charge on any atom is -0.467 e. The minimum atomic E-state index is -2.85. The molecule has 0 radical (unpaired) electrons. The first-order valence-electron chi connectivity index (χ1n) is 8.80. The molecule has 2 aromatic rings. The molecular weight excluding hydrogens is 497 g/mol. The van der Waals surface area contributed by atoms with Crippen molar-refractivity contribution in [2.24, 2.45) is 4.99 Å². The fourth-order valence-corrected chi connectivity index (χ4v) is 2.40. The second-order valence-corrected chi connectivity index (χ2v) is 5.90. The Morgan fingerprint density at radius 3 is 2.55 bits per heavy atom. The topological polar surface area (TPSA) is 79.1 Å². The van der Waals surface area contributed by atoms with Crippen molar-refractivity contribution < 1.29 is 22.7 Å². The van der Waals surface area contributed by atoms with Gasteiger partial charge in [0.05, 0.1) is 12.8 Å². The maximum absolute atomic E-state index is 12.2. The predicted molar refractivity (Wildman–Crippen MR) is 116 cm³/mol. The van der Waals surface area contributed by atoms with Gasteiger partial charge in [0.15, 0.2) is 5.96 Å². The number of guanidine groups is 1. The van der Waals surface area contributed by atoms with Crippen LogP contribution in [0.1, 0.15) is 18.2 Å². The molecular formula is C19H25F2IN4O3. The average Bonchev–Trinajstić information content (AvgIpc) is 3.18. The zero-order valence-corrected chi connectivity index (χ0v) is 18.6. The summed E-state index contributed by atoms with van der Waals surface area (Å²) in [6, 6.07) is 9.91. The van der Waals surface area contributed by atoms with E-state index in [-0.39, 0.29) is 42.2 Å². The molecule has 0 aliphatic rings. The smallest absolute Gasteiger partial charge is 0.387 e. The van der Waals surface area contributed by atoms with Crippen LogP contribution >= 0.6 is 24.0 Å². The lowest BCUT2D eigenvalue weighted by molar-refractivity contribution is -0.119. The molecule has 2 N–H and O–H groups in total. The highest BCUT2D eigenvalue weighted by atomic mass is 127. The first-order chi connectivity index (χ1) is 13.5. The molecule has 7 nitrogen and oxygen atoms in total. The van der Waals surface area contributed by atoms with Crippen molar-refractivity contribution in [3.05, 3.63) is 54.0 Å². The van der Waals surface area contributed by atoms with Gasteiger partial charge in [-0.2, -0.15) is 8.78 Å². The van der Waals surface area contributed by atoms with Crippen LogP contribution in [-0.4, -0.2) is 43.5 Å². The van der Waals surface area contributed by atoms with Gasteiger partial charge in [-0.1, -0.05) is 12.1 Å². The second-order valence-electron chi connectivity index (χ2n) is 5.90. The number of aliphatic imine (C=N–C) groups is 1. The molecule has 0 saturated carbocycles. The maximum atomic E-state index is 12.2. The van der Waals surface area contributed by atoms with Crippen LogP contribution in [0.25, 0.3) is 0 Å².